The summed E-state index contributed by atoms with van der Waals surface area (Å²) in [7, 11) is -3.59. The molecular formula is C30H33ClN6O4S. The SMILES string of the molecule is C[C@@H]1CN(Cc2nc(Nc3ccc(S(=O)(=O)N4CCOCC4)cc3)c3ccc(-c4ncccc4Cl)cc3n2)C[C@H](C)O1. The van der Waals surface area contributed by atoms with E-state index in [2.05, 4.69) is 29.0 Å². The van der Waals surface area contributed by atoms with Gasteiger partial charge in [0.25, 0.3) is 0 Å². The molecule has 0 amide bonds. The zero-order valence-electron chi connectivity index (χ0n) is 23.5. The Bertz CT molecular complexity index is 1670. The Balaban J connectivity index is 1.33. The maximum atomic E-state index is 13.1. The van der Waals surface area contributed by atoms with Crippen molar-refractivity contribution >= 4 is 44.0 Å². The molecule has 0 saturated carbocycles. The lowest BCUT2D eigenvalue weighted by Gasteiger charge is -2.34. The first kappa shape index (κ1) is 28.9. The molecule has 2 aromatic carbocycles. The molecule has 220 valence electrons. The standard InChI is InChI=1S/C30H33ClN6O4S/c1-20-17-36(18-21(2)41-20)19-28-34-27-16-22(29-26(31)4-3-11-32-29)5-10-25(27)30(35-28)33-23-6-8-24(9-7-23)42(38,39)37-12-14-40-15-13-37/h3-11,16,20-21H,12-15,17-19H2,1-2H3,(H,33,34,35)/t20-,21+. The first-order valence-electron chi connectivity index (χ1n) is 14.0. The fourth-order valence-corrected chi connectivity index (χ4v) is 7.12. The van der Waals surface area contributed by atoms with E-state index in [9.17, 15) is 8.42 Å². The van der Waals surface area contributed by atoms with Crippen molar-refractivity contribution in [2.45, 2.75) is 37.5 Å². The lowest BCUT2D eigenvalue weighted by atomic mass is 10.1. The van der Waals surface area contributed by atoms with E-state index in [0.29, 0.717) is 60.9 Å². The highest BCUT2D eigenvalue weighted by Crippen LogP contribution is 2.31. The molecule has 2 saturated heterocycles. The van der Waals surface area contributed by atoms with E-state index in [1.165, 1.54) is 4.31 Å². The second kappa shape index (κ2) is 12.2. The predicted molar refractivity (Wildman–Crippen MR) is 162 cm³/mol. The number of morpholine rings is 2. The van der Waals surface area contributed by atoms with Crippen molar-refractivity contribution in [3.05, 3.63) is 71.6 Å². The molecule has 2 fully saturated rings. The number of rotatable bonds is 7. The average Bonchev–Trinajstić information content (AvgIpc) is 2.97. The molecule has 2 aromatic heterocycles. The number of nitrogens with zero attached hydrogens (tertiary/aromatic N) is 5. The van der Waals surface area contributed by atoms with Crippen LogP contribution in [0, 0.1) is 0 Å². The number of fused-ring (bicyclic) bond motifs is 1. The van der Waals surface area contributed by atoms with Crippen LogP contribution in [0.1, 0.15) is 19.7 Å². The van der Waals surface area contributed by atoms with E-state index >= 15 is 0 Å². The lowest BCUT2D eigenvalue weighted by molar-refractivity contribution is -0.0710. The van der Waals surface area contributed by atoms with Crippen molar-refractivity contribution < 1.29 is 17.9 Å². The second-order valence-electron chi connectivity index (χ2n) is 10.7. The van der Waals surface area contributed by atoms with E-state index in [-0.39, 0.29) is 17.1 Å². The molecule has 42 heavy (non-hydrogen) atoms. The summed E-state index contributed by atoms with van der Waals surface area (Å²) in [6.45, 7) is 7.79. The van der Waals surface area contributed by atoms with Crippen LogP contribution in [0.15, 0.2) is 65.7 Å². The van der Waals surface area contributed by atoms with Gasteiger partial charge in [-0.3, -0.25) is 9.88 Å². The molecule has 12 heteroatoms. The van der Waals surface area contributed by atoms with Gasteiger partial charge in [0.2, 0.25) is 10.0 Å². The molecular weight excluding hydrogens is 576 g/mol. The van der Waals surface area contributed by atoms with Crippen LogP contribution in [0.3, 0.4) is 0 Å². The Hall–Kier alpha value is -3.19. The molecule has 0 unspecified atom stereocenters. The number of aromatic nitrogens is 3. The van der Waals surface area contributed by atoms with Gasteiger partial charge < -0.3 is 14.8 Å². The van der Waals surface area contributed by atoms with E-state index in [1.54, 1.807) is 36.5 Å². The number of pyridine rings is 1. The van der Waals surface area contributed by atoms with E-state index in [4.69, 9.17) is 31.0 Å². The fraction of sp³-hybridized carbons (Fsp3) is 0.367. The van der Waals surface area contributed by atoms with Gasteiger partial charge in [0.1, 0.15) is 11.6 Å². The maximum absolute atomic E-state index is 13.1. The van der Waals surface area contributed by atoms with Gasteiger partial charge in [0.05, 0.1) is 53.1 Å². The number of halogens is 1. The van der Waals surface area contributed by atoms with Crippen LogP contribution in [0.2, 0.25) is 5.02 Å². The van der Waals surface area contributed by atoms with E-state index in [0.717, 1.165) is 29.6 Å². The van der Waals surface area contributed by atoms with Crippen molar-refractivity contribution in [3.63, 3.8) is 0 Å². The zero-order chi connectivity index (χ0) is 29.3. The first-order valence-corrected chi connectivity index (χ1v) is 15.8. The van der Waals surface area contributed by atoms with Crippen molar-refractivity contribution in [1.82, 2.24) is 24.2 Å². The molecule has 0 spiro atoms. The van der Waals surface area contributed by atoms with Gasteiger partial charge in [-0.15, -0.1) is 0 Å². The Kier molecular flexibility index (Phi) is 8.39. The van der Waals surface area contributed by atoms with Crippen LogP contribution in [-0.2, 0) is 26.0 Å². The Morgan fingerprint density at radius 1 is 1.00 bits per heavy atom. The van der Waals surface area contributed by atoms with Gasteiger partial charge in [-0.05, 0) is 62.4 Å². The highest BCUT2D eigenvalue weighted by Gasteiger charge is 2.26. The maximum Gasteiger partial charge on any atom is 0.243 e. The normalized spacial score (nSPS) is 20.5. The van der Waals surface area contributed by atoms with Crippen LogP contribution < -0.4 is 5.32 Å². The molecule has 0 aliphatic carbocycles. The molecule has 1 N–H and O–H groups in total. The monoisotopic (exact) mass is 608 g/mol. The van der Waals surface area contributed by atoms with E-state index in [1.807, 2.05) is 24.3 Å². The van der Waals surface area contributed by atoms with Gasteiger partial charge >= 0.3 is 0 Å². The average molecular weight is 609 g/mol. The second-order valence-corrected chi connectivity index (χ2v) is 13.0. The molecule has 4 aromatic rings. The van der Waals surface area contributed by atoms with Gasteiger partial charge in [-0.1, -0.05) is 17.7 Å². The third-order valence-corrected chi connectivity index (χ3v) is 9.58. The largest absolute Gasteiger partial charge is 0.379 e. The highest BCUT2D eigenvalue weighted by molar-refractivity contribution is 7.89. The van der Waals surface area contributed by atoms with Gasteiger partial charge in [-0.2, -0.15) is 4.31 Å². The minimum absolute atomic E-state index is 0.122. The van der Waals surface area contributed by atoms with Crippen molar-refractivity contribution in [2.75, 3.05) is 44.7 Å². The smallest absolute Gasteiger partial charge is 0.243 e. The van der Waals surface area contributed by atoms with Gasteiger partial charge in [0, 0.05) is 49.0 Å². The molecule has 2 aliphatic rings. The highest BCUT2D eigenvalue weighted by atomic mass is 35.5. The Morgan fingerprint density at radius 3 is 2.45 bits per heavy atom. The number of hydrogen-bond acceptors (Lipinski definition) is 9. The zero-order valence-corrected chi connectivity index (χ0v) is 25.1. The number of nitrogens with one attached hydrogen (secondary N) is 1. The predicted octanol–water partition coefficient (Wildman–Crippen LogP) is 4.72. The van der Waals surface area contributed by atoms with Crippen LogP contribution in [-0.4, -0.2) is 84.2 Å². The van der Waals surface area contributed by atoms with Gasteiger partial charge in [-0.25, -0.2) is 18.4 Å². The molecule has 10 nitrogen and oxygen atoms in total. The van der Waals surface area contributed by atoms with Crippen LogP contribution in [0.25, 0.3) is 22.2 Å². The minimum atomic E-state index is -3.59. The third-order valence-electron chi connectivity index (χ3n) is 7.36. The topological polar surface area (TPSA) is 110 Å². The van der Waals surface area contributed by atoms with Crippen LogP contribution in [0.5, 0.6) is 0 Å². The lowest BCUT2D eigenvalue weighted by Crippen LogP contribution is -2.45. The molecule has 0 radical (unpaired) electrons. The quantitative estimate of drug-likeness (QED) is 0.319. The summed E-state index contributed by atoms with van der Waals surface area (Å²) < 4.78 is 38.9. The number of anilines is 2. The number of ether oxygens (including phenoxy) is 2. The molecule has 6 rings (SSSR count). The molecule has 4 heterocycles. The molecule has 2 aliphatic heterocycles. The summed E-state index contributed by atoms with van der Waals surface area (Å²) in [5, 5.41) is 4.79. The van der Waals surface area contributed by atoms with Crippen molar-refractivity contribution in [1.29, 1.82) is 0 Å². The molecule has 2 atom stereocenters. The van der Waals surface area contributed by atoms with Gasteiger partial charge in [0.15, 0.2) is 0 Å². The summed E-state index contributed by atoms with van der Waals surface area (Å²) in [4.78, 5) is 16.9. The summed E-state index contributed by atoms with van der Waals surface area (Å²) in [6.07, 6.45) is 1.96. The van der Waals surface area contributed by atoms with E-state index < -0.39 is 10.0 Å². The van der Waals surface area contributed by atoms with Crippen LogP contribution >= 0.6 is 11.6 Å². The third kappa shape index (κ3) is 6.26. The Labute approximate surface area is 250 Å². The number of benzene rings is 2. The van der Waals surface area contributed by atoms with Crippen molar-refractivity contribution in [3.8, 4) is 11.3 Å². The number of sulfonamides is 1. The fourth-order valence-electron chi connectivity index (χ4n) is 5.49. The summed E-state index contributed by atoms with van der Waals surface area (Å²) >= 11 is 6.45. The summed E-state index contributed by atoms with van der Waals surface area (Å²) in [5.74, 6) is 1.30. The number of hydrogen-bond donors (Lipinski definition) is 1. The van der Waals surface area contributed by atoms with Crippen LogP contribution in [0.4, 0.5) is 11.5 Å². The molecule has 0 bridgehead atoms. The summed E-state index contributed by atoms with van der Waals surface area (Å²) in [5.41, 5.74) is 3.01. The first-order chi connectivity index (χ1) is 20.3. The van der Waals surface area contributed by atoms with Crippen molar-refractivity contribution in [2.24, 2.45) is 0 Å². The summed E-state index contributed by atoms with van der Waals surface area (Å²) in [6, 6.07) is 16.3. The minimum Gasteiger partial charge on any atom is -0.379 e. The Morgan fingerprint density at radius 2 is 1.74 bits per heavy atom.